The molecule has 0 fully saturated rings. The minimum Gasteiger partial charge on any atom is -0.265 e. The van der Waals surface area contributed by atoms with Gasteiger partial charge >= 0.3 is 5.91 Å². The summed E-state index contributed by atoms with van der Waals surface area (Å²) in [5.41, 5.74) is 2.06. The van der Waals surface area contributed by atoms with Crippen molar-refractivity contribution in [3.8, 4) is 0 Å². The molecule has 126 valence electrons. The molecule has 0 aromatic carbocycles. The van der Waals surface area contributed by atoms with E-state index in [4.69, 9.17) is 5.10 Å². The maximum atomic E-state index is 13.0. The van der Waals surface area contributed by atoms with E-state index in [2.05, 4.69) is 17.5 Å². The van der Waals surface area contributed by atoms with E-state index in [1.165, 1.54) is 4.88 Å². The van der Waals surface area contributed by atoms with Crippen LogP contribution >= 0.6 is 22.7 Å². The number of hydrogen-bond acceptors (Lipinski definition) is 4. The van der Waals surface area contributed by atoms with Crippen LogP contribution in [0, 0.1) is 6.92 Å². The molecule has 4 rings (SSSR count). The van der Waals surface area contributed by atoms with Crippen molar-refractivity contribution in [3.63, 3.8) is 0 Å². The van der Waals surface area contributed by atoms with Crippen LogP contribution in [0.1, 0.15) is 27.9 Å². The summed E-state index contributed by atoms with van der Waals surface area (Å²) in [6.07, 6.45) is 2.71. The van der Waals surface area contributed by atoms with Gasteiger partial charge in [0.05, 0.1) is 16.6 Å². The monoisotopic (exact) mass is 368 g/mol. The Labute approximate surface area is 154 Å². The zero-order valence-electron chi connectivity index (χ0n) is 13.8. The number of amides is 1. The van der Waals surface area contributed by atoms with E-state index in [1.807, 2.05) is 53.4 Å². The van der Waals surface area contributed by atoms with Crippen molar-refractivity contribution in [2.45, 2.75) is 25.9 Å². The van der Waals surface area contributed by atoms with Gasteiger partial charge in [-0.05, 0) is 22.9 Å². The van der Waals surface area contributed by atoms with E-state index in [1.54, 1.807) is 27.7 Å². The summed E-state index contributed by atoms with van der Waals surface area (Å²) in [6, 6.07) is 14.1. The van der Waals surface area contributed by atoms with Crippen molar-refractivity contribution < 1.29 is 9.36 Å². The molecule has 0 bridgehead atoms. The fourth-order valence-electron chi connectivity index (χ4n) is 2.99. The van der Waals surface area contributed by atoms with Gasteiger partial charge in [-0.1, -0.05) is 18.2 Å². The maximum absolute atomic E-state index is 13.0. The molecule has 3 aromatic rings. The van der Waals surface area contributed by atoms with Gasteiger partial charge in [-0.2, -0.15) is 9.67 Å². The summed E-state index contributed by atoms with van der Waals surface area (Å²) in [6.45, 7) is 2.31. The number of pyridine rings is 1. The minimum atomic E-state index is -0.00535. The average Bonchev–Trinajstić information content (AvgIpc) is 3.36. The first-order valence-corrected chi connectivity index (χ1v) is 9.90. The Bertz CT molecular complexity index is 901. The lowest BCUT2D eigenvalue weighted by atomic mass is 10.1. The molecule has 4 heterocycles. The number of hydrazone groups is 1. The molecule has 0 radical (unpaired) electrons. The molecule has 4 nitrogen and oxygen atoms in total. The number of carbonyl (C=O) groups excluding carboxylic acids is 1. The standard InChI is InChI=1S/C19H18N3OS2/c1-14-6-2-3-9-21(14)13-19(23)22-16(18-8-5-11-25-18)12-15(20-22)17-7-4-10-24-17/h2-11,16H,12-13H2,1H3/q+1/t16-/m0/s1. The van der Waals surface area contributed by atoms with Gasteiger partial charge in [0.1, 0.15) is 0 Å². The Morgan fingerprint density at radius 1 is 1.20 bits per heavy atom. The topological polar surface area (TPSA) is 36.5 Å². The van der Waals surface area contributed by atoms with Gasteiger partial charge in [0, 0.05) is 30.4 Å². The summed E-state index contributed by atoms with van der Waals surface area (Å²) in [4.78, 5) is 15.3. The maximum Gasteiger partial charge on any atom is 0.309 e. The Hall–Kier alpha value is -2.31. The largest absolute Gasteiger partial charge is 0.309 e. The predicted molar refractivity (Wildman–Crippen MR) is 101 cm³/mol. The van der Waals surface area contributed by atoms with Crippen LogP contribution in [0.25, 0.3) is 0 Å². The molecule has 1 aliphatic heterocycles. The van der Waals surface area contributed by atoms with Crippen molar-refractivity contribution >= 4 is 34.3 Å². The average molecular weight is 369 g/mol. The zero-order valence-corrected chi connectivity index (χ0v) is 15.5. The number of nitrogens with zero attached hydrogens (tertiary/aromatic N) is 3. The smallest absolute Gasteiger partial charge is 0.265 e. The SMILES string of the molecule is Cc1cccc[n+]1CC(=O)N1N=C(c2cccs2)C[C@H]1c1cccs1. The van der Waals surface area contributed by atoms with E-state index in [0.29, 0.717) is 6.54 Å². The highest BCUT2D eigenvalue weighted by molar-refractivity contribution is 7.12. The van der Waals surface area contributed by atoms with Crippen molar-refractivity contribution in [1.29, 1.82) is 0 Å². The van der Waals surface area contributed by atoms with Gasteiger partial charge in [-0.15, -0.1) is 22.7 Å². The van der Waals surface area contributed by atoms with Crippen molar-refractivity contribution in [3.05, 3.63) is 74.9 Å². The third-order valence-electron chi connectivity index (χ3n) is 4.32. The van der Waals surface area contributed by atoms with Gasteiger partial charge in [-0.3, -0.25) is 4.79 Å². The first-order valence-electron chi connectivity index (χ1n) is 8.14. The number of aromatic nitrogens is 1. The second-order valence-electron chi connectivity index (χ2n) is 5.97. The molecule has 25 heavy (non-hydrogen) atoms. The number of rotatable bonds is 4. The summed E-state index contributed by atoms with van der Waals surface area (Å²) in [5, 5.41) is 10.5. The van der Waals surface area contributed by atoms with Gasteiger partial charge in [-0.25, -0.2) is 5.01 Å². The van der Waals surface area contributed by atoms with Crippen LogP contribution in [-0.4, -0.2) is 16.6 Å². The van der Waals surface area contributed by atoms with Crippen LogP contribution in [0.4, 0.5) is 0 Å². The van der Waals surface area contributed by atoms with Gasteiger partial charge in [0.25, 0.3) is 0 Å². The minimum absolute atomic E-state index is 0.00535. The van der Waals surface area contributed by atoms with Crippen LogP contribution in [0.15, 0.2) is 64.5 Å². The normalized spacial score (nSPS) is 16.9. The molecule has 6 heteroatoms. The first-order chi connectivity index (χ1) is 12.2. The van der Waals surface area contributed by atoms with E-state index >= 15 is 0 Å². The third-order valence-corrected chi connectivity index (χ3v) is 6.21. The summed E-state index contributed by atoms with van der Waals surface area (Å²) < 4.78 is 1.96. The first kappa shape index (κ1) is 16.2. The number of thiophene rings is 2. The highest BCUT2D eigenvalue weighted by Gasteiger charge is 2.35. The van der Waals surface area contributed by atoms with Crippen molar-refractivity contribution in [2.24, 2.45) is 5.10 Å². The predicted octanol–water partition coefficient (Wildman–Crippen LogP) is 3.78. The molecule has 1 atom stereocenters. The molecule has 3 aromatic heterocycles. The number of aryl methyl sites for hydroxylation is 1. The highest BCUT2D eigenvalue weighted by atomic mass is 32.1. The molecule has 1 aliphatic rings. The lowest BCUT2D eigenvalue weighted by Gasteiger charge is -2.19. The summed E-state index contributed by atoms with van der Waals surface area (Å²) in [5.74, 6) is 0.0178. The zero-order chi connectivity index (χ0) is 17.2. The molecule has 0 spiro atoms. The number of carbonyl (C=O) groups is 1. The van der Waals surface area contributed by atoms with Crippen molar-refractivity contribution in [2.75, 3.05) is 0 Å². The molecule has 0 unspecified atom stereocenters. The Balaban J connectivity index is 1.63. The van der Waals surface area contributed by atoms with Crippen molar-refractivity contribution in [1.82, 2.24) is 5.01 Å². The van der Waals surface area contributed by atoms with E-state index < -0.39 is 0 Å². The van der Waals surface area contributed by atoms with Gasteiger partial charge in [0.15, 0.2) is 11.9 Å². The molecule has 0 saturated heterocycles. The van der Waals surface area contributed by atoms with E-state index in [0.717, 1.165) is 22.7 Å². The van der Waals surface area contributed by atoms with Crippen LogP contribution in [0.3, 0.4) is 0 Å². The molecule has 0 aliphatic carbocycles. The summed E-state index contributed by atoms with van der Waals surface area (Å²) in [7, 11) is 0. The summed E-state index contributed by atoms with van der Waals surface area (Å²) >= 11 is 3.35. The molecule has 1 amide bonds. The molecular weight excluding hydrogens is 350 g/mol. The second kappa shape index (κ2) is 6.90. The number of hydrogen-bond donors (Lipinski definition) is 0. The Morgan fingerprint density at radius 3 is 2.76 bits per heavy atom. The lowest BCUT2D eigenvalue weighted by Crippen LogP contribution is -2.45. The fraction of sp³-hybridized carbons (Fsp3) is 0.211. The Kier molecular flexibility index (Phi) is 4.46. The van der Waals surface area contributed by atoms with Crippen LogP contribution in [-0.2, 0) is 11.3 Å². The lowest BCUT2D eigenvalue weighted by molar-refractivity contribution is -0.691. The van der Waals surface area contributed by atoms with Gasteiger partial charge < -0.3 is 0 Å². The van der Waals surface area contributed by atoms with E-state index in [-0.39, 0.29) is 11.9 Å². The fourth-order valence-corrected chi connectivity index (χ4v) is 4.52. The third kappa shape index (κ3) is 3.27. The molecular formula is C19H18N3OS2+. The molecule has 0 saturated carbocycles. The molecule has 0 N–H and O–H groups in total. The Morgan fingerprint density at radius 2 is 2.04 bits per heavy atom. The van der Waals surface area contributed by atoms with Crippen LogP contribution in [0.5, 0.6) is 0 Å². The second-order valence-corrected chi connectivity index (χ2v) is 7.89. The quantitative estimate of drug-likeness (QED) is 0.646. The van der Waals surface area contributed by atoms with Crippen LogP contribution in [0.2, 0.25) is 0 Å². The van der Waals surface area contributed by atoms with Gasteiger partial charge in [0.2, 0.25) is 6.54 Å². The van der Waals surface area contributed by atoms with E-state index in [9.17, 15) is 4.79 Å². The highest BCUT2D eigenvalue weighted by Crippen LogP contribution is 2.35. The van der Waals surface area contributed by atoms with Crippen LogP contribution < -0.4 is 4.57 Å².